The van der Waals surface area contributed by atoms with Crippen molar-refractivity contribution >= 4 is 0 Å². The maximum atomic E-state index is 9.87. The van der Waals surface area contributed by atoms with Crippen molar-refractivity contribution in [3.05, 3.63) is 29.8 Å². The minimum Gasteiger partial charge on any atom is -0.491 e. The van der Waals surface area contributed by atoms with E-state index in [9.17, 15) is 5.11 Å². The molecular weight excluding hydrogens is 254 g/mol. The van der Waals surface area contributed by atoms with E-state index in [0.29, 0.717) is 19.3 Å². The molecule has 0 saturated heterocycles. The Morgan fingerprint density at radius 3 is 2.45 bits per heavy atom. The van der Waals surface area contributed by atoms with Gasteiger partial charge in [0, 0.05) is 6.54 Å². The van der Waals surface area contributed by atoms with Gasteiger partial charge in [-0.2, -0.15) is 0 Å². The van der Waals surface area contributed by atoms with Crippen molar-refractivity contribution in [2.45, 2.75) is 50.9 Å². The molecule has 0 amide bonds. The highest BCUT2D eigenvalue weighted by Gasteiger charge is 2.15. The van der Waals surface area contributed by atoms with Crippen molar-refractivity contribution in [3.8, 4) is 5.75 Å². The number of rotatable bonds is 7. The van der Waals surface area contributed by atoms with E-state index in [4.69, 9.17) is 15.2 Å². The summed E-state index contributed by atoms with van der Waals surface area (Å²) in [5.41, 5.74) is 6.60. The molecule has 1 fully saturated rings. The quantitative estimate of drug-likeness (QED) is 0.803. The minimum absolute atomic E-state index is 0.259. The lowest BCUT2D eigenvalue weighted by atomic mass is 9.98. The molecule has 1 unspecified atom stereocenters. The second-order valence-corrected chi connectivity index (χ2v) is 5.41. The summed E-state index contributed by atoms with van der Waals surface area (Å²) in [4.78, 5) is 0. The second-order valence-electron chi connectivity index (χ2n) is 5.41. The van der Waals surface area contributed by atoms with E-state index in [0.717, 1.165) is 24.2 Å². The summed E-state index contributed by atoms with van der Waals surface area (Å²) in [7, 11) is 0. The van der Waals surface area contributed by atoms with Crippen molar-refractivity contribution in [1.82, 2.24) is 0 Å². The van der Waals surface area contributed by atoms with Crippen molar-refractivity contribution in [3.63, 3.8) is 0 Å². The number of hydrogen-bond acceptors (Lipinski definition) is 4. The number of nitrogens with two attached hydrogens (primary N) is 1. The third-order valence-corrected chi connectivity index (χ3v) is 3.68. The van der Waals surface area contributed by atoms with Gasteiger partial charge >= 0.3 is 0 Å². The molecule has 1 saturated carbocycles. The lowest BCUT2D eigenvalue weighted by molar-refractivity contribution is -0.0363. The summed E-state index contributed by atoms with van der Waals surface area (Å²) in [6.45, 7) is 1.14. The van der Waals surface area contributed by atoms with Crippen LogP contribution in [0.15, 0.2) is 24.3 Å². The molecule has 0 aromatic heterocycles. The fourth-order valence-electron chi connectivity index (χ4n) is 2.44. The van der Waals surface area contributed by atoms with Crippen molar-refractivity contribution in [1.29, 1.82) is 0 Å². The lowest BCUT2D eigenvalue weighted by Crippen LogP contribution is -2.27. The van der Waals surface area contributed by atoms with Gasteiger partial charge in [-0.1, -0.05) is 31.4 Å². The Balaban J connectivity index is 1.64. The van der Waals surface area contributed by atoms with Gasteiger partial charge in [0.15, 0.2) is 0 Å². The first-order valence-electron chi connectivity index (χ1n) is 7.49. The van der Waals surface area contributed by atoms with Crippen LogP contribution in [0.4, 0.5) is 0 Å². The van der Waals surface area contributed by atoms with Gasteiger partial charge in [0.2, 0.25) is 0 Å². The fourth-order valence-corrected chi connectivity index (χ4v) is 2.44. The number of aliphatic hydroxyl groups excluding tert-OH is 1. The predicted octanol–water partition coefficient (Wildman–Crippen LogP) is 2.23. The molecule has 1 aromatic rings. The van der Waals surface area contributed by atoms with Crippen LogP contribution in [0, 0.1) is 0 Å². The summed E-state index contributed by atoms with van der Waals surface area (Å²) >= 11 is 0. The number of hydrogen-bond donors (Lipinski definition) is 2. The van der Waals surface area contributed by atoms with Crippen LogP contribution >= 0.6 is 0 Å². The first kappa shape index (κ1) is 15.3. The number of benzene rings is 1. The van der Waals surface area contributed by atoms with Crippen molar-refractivity contribution in [2.24, 2.45) is 5.73 Å². The summed E-state index contributed by atoms with van der Waals surface area (Å²) in [6.07, 6.45) is 5.77. The first-order chi connectivity index (χ1) is 9.78. The van der Waals surface area contributed by atoms with Crippen molar-refractivity contribution < 1.29 is 14.6 Å². The molecule has 2 rings (SSSR count). The van der Waals surface area contributed by atoms with E-state index in [2.05, 4.69) is 0 Å². The topological polar surface area (TPSA) is 64.7 Å². The maximum absolute atomic E-state index is 9.87. The first-order valence-corrected chi connectivity index (χ1v) is 7.49. The average molecular weight is 279 g/mol. The largest absolute Gasteiger partial charge is 0.491 e. The molecule has 0 radical (unpaired) electrons. The molecule has 0 bridgehead atoms. The Hall–Kier alpha value is -1.10. The van der Waals surface area contributed by atoms with Gasteiger partial charge in [0.05, 0.1) is 12.7 Å². The number of ether oxygens (including phenoxy) is 2. The Bertz CT molecular complexity index is 374. The van der Waals surface area contributed by atoms with Crippen LogP contribution in [0.3, 0.4) is 0 Å². The van der Waals surface area contributed by atoms with Gasteiger partial charge in [-0.25, -0.2) is 0 Å². The highest BCUT2D eigenvalue weighted by molar-refractivity contribution is 5.27. The van der Waals surface area contributed by atoms with Gasteiger partial charge in [-0.3, -0.25) is 0 Å². The molecule has 4 nitrogen and oxygen atoms in total. The molecule has 4 heteroatoms. The molecule has 0 heterocycles. The van der Waals surface area contributed by atoms with E-state index >= 15 is 0 Å². The molecule has 1 atom stereocenters. The molecule has 1 aliphatic carbocycles. The van der Waals surface area contributed by atoms with Crippen LogP contribution in [0.1, 0.15) is 37.7 Å². The zero-order chi connectivity index (χ0) is 14.2. The van der Waals surface area contributed by atoms with E-state index in [1.807, 2.05) is 24.3 Å². The third kappa shape index (κ3) is 5.12. The Morgan fingerprint density at radius 2 is 1.80 bits per heavy atom. The summed E-state index contributed by atoms with van der Waals surface area (Å²) in [5, 5.41) is 9.87. The summed E-state index contributed by atoms with van der Waals surface area (Å²) < 4.78 is 11.3. The van der Waals surface area contributed by atoms with E-state index in [1.165, 1.54) is 19.3 Å². The average Bonchev–Trinajstić information content (AvgIpc) is 2.52. The maximum Gasteiger partial charge on any atom is 0.119 e. The minimum atomic E-state index is -0.578. The van der Waals surface area contributed by atoms with Crippen LogP contribution in [0.2, 0.25) is 0 Å². The Morgan fingerprint density at radius 1 is 1.10 bits per heavy atom. The van der Waals surface area contributed by atoms with Crippen molar-refractivity contribution in [2.75, 3.05) is 13.2 Å². The highest BCUT2D eigenvalue weighted by Crippen LogP contribution is 2.20. The van der Waals surface area contributed by atoms with E-state index in [1.54, 1.807) is 0 Å². The Kier molecular flexibility index (Phi) is 6.30. The summed E-state index contributed by atoms with van der Waals surface area (Å²) in [5.74, 6) is 0.749. The third-order valence-electron chi connectivity index (χ3n) is 3.68. The molecule has 0 spiro atoms. The lowest BCUT2D eigenvalue weighted by Gasteiger charge is -2.23. The molecular formula is C16H25NO3. The van der Waals surface area contributed by atoms with Crippen LogP contribution < -0.4 is 10.5 Å². The smallest absolute Gasteiger partial charge is 0.119 e. The zero-order valence-corrected chi connectivity index (χ0v) is 12.0. The van der Waals surface area contributed by atoms with Gasteiger partial charge in [0.25, 0.3) is 0 Å². The SMILES string of the molecule is NCc1ccc(OCC(O)COC2CCCCC2)cc1. The normalized spacial score (nSPS) is 17.9. The standard InChI is InChI=1S/C16H25NO3/c17-10-13-6-8-16(9-7-13)20-12-14(18)11-19-15-4-2-1-3-5-15/h6-9,14-15,18H,1-5,10-12,17H2. The second kappa shape index (κ2) is 8.25. The molecule has 0 aliphatic heterocycles. The van der Waals surface area contributed by atoms with Gasteiger partial charge in [-0.05, 0) is 30.5 Å². The summed E-state index contributed by atoms with van der Waals surface area (Å²) in [6, 6.07) is 7.61. The molecule has 20 heavy (non-hydrogen) atoms. The van der Waals surface area contributed by atoms with Gasteiger partial charge < -0.3 is 20.3 Å². The fraction of sp³-hybridized carbons (Fsp3) is 0.625. The zero-order valence-electron chi connectivity index (χ0n) is 12.0. The monoisotopic (exact) mass is 279 g/mol. The van der Waals surface area contributed by atoms with Crippen LogP contribution in [0.5, 0.6) is 5.75 Å². The van der Waals surface area contributed by atoms with Gasteiger partial charge in [-0.15, -0.1) is 0 Å². The van der Waals surface area contributed by atoms with E-state index < -0.39 is 6.10 Å². The predicted molar refractivity (Wildman–Crippen MR) is 78.7 cm³/mol. The Labute approximate surface area is 120 Å². The molecule has 1 aromatic carbocycles. The van der Waals surface area contributed by atoms with Gasteiger partial charge in [0.1, 0.15) is 18.5 Å². The molecule has 1 aliphatic rings. The number of aliphatic hydroxyl groups is 1. The van der Waals surface area contributed by atoms with Crippen LogP contribution in [-0.4, -0.2) is 30.5 Å². The molecule has 3 N–H and O–H groups in total. The highest BCUT2D eigenvalue weighted by atomic mass is 16.5. The van der Waals surface area contributed by atoms with Crippen LogP contribution in [-0.2, 0) is 11.3 Å². The van der Waals surface area contributed by atoms with E-state index in [-0.39, 0.29) is 6.61 Å². The molecule has 112 valence electrons. The van der Waals surface area contributed by atoms with Crippen LogP contribution in [0.25, 0.3) is 0 Å².